The van der Waals surface area contributed by atoms with Crippen LogP contribution in [0.5, 0.6) is 5.75 Å². The number of rotatable bonds is 5. The van der Waals surface area contributed by atoms with Crippen molar-refractivity contribution in [2.45, 2.75) is 33.4 Å². The molecule has 0 aromatic heterocycles. The highest BCUT2D eigenvalue weighted by Crippen LogP contribution is 2.11. The molecular formula is C14H23N3O. The van der Waals surface area contributed by atoms with Gasteiger partial charge in [-0.15, -0.1) is 0 Å². The van der Waals surface area contributed by atoms with E-state index in [-0.39, 0.29) is 0 Å². The van der Waals surface area contributed by atoms with Crippen molar-refractivity contribution in [3.63, 3.8) is 0 Å². The lowest BCUT2D eigenvalue weighted by Crippen LogP contribution is -2.40. The first-order valence-electron chi connectivity index (χ1n) is 6.33. The van der Waals surface area contributed by atoms with E-state index >= 15 is 0 Å². The summed E-state index contributed by atoms with van der Waals surface area (Å²) < 4.78 is 5.13. The Bertz CT molecular complexity index is 371. The number of methoxy groups -OCH3 is 1. The Labute approximate surface area is 109 Å². The molecule has 1 aromatic rings. The quantitative estimate of drug-likeness (QED) is 0.621. The molecule has 18 heavy (non-hydrogen) atoms. The monoisotopic (exact) mass is 249 g/mol. The molecule has 4 nitrogen and oxygen atoms in total. The van der Waals surface area contributed by atoms with Crippen LogP contribution >= 0.6 is 0 Å². The van der Waals surface area contributed by atoms with Gasteiger partial charge in [0.2, 0.25) is 0 Å². The smallest absolute Gasteiger partial charge is 0.191 e. The van der Waals surface area contributed by atoms with Gasteiger partial charge < -0.3 is 15.4 Å². The van der Waals surface area contributed by atoms with E-state index in [1.54, 1.807) is 7.11 Å². The minimum atomic E-state index is 0.374. The summed E-state index contributed by atoms with van der Waals surface area (Å²) in [5.74, 6) is 1.72. The number of nitrogens with zero attached hydrogens (tertiary/aromatic N) is 1. The lowest BCUT2D eigenvalue weighted by atomic mass is 10.2. The fourth-order valence-electron chi connectivity index (χ4n) is 1.49. The van der Waals surface area contributed by atoms with Gasteiger partial charge >= 0.3 is 0 Å². The Kier molecular flexibility index (Phi) is 6.05. The van der Waals surface area contributed by atoms with E-state index < -0.39 is 0 Å². The van der Waals surface area contributed by atoms with Gasteiger partial charge in [-0.25, -0.2) is 4.99 Å². The van der Waals surface area contributed by atoms with Crippen LogP contribution in [-0.4, -0.2) is 25.7 Å². The first kappa shape index (κ1) is 14.4. The zero-order valence-corrected chi connectivity index (χ0v) is 11.7. The predicted octanol–water partition coefficient (Wildman–Crippen LogP) is 2.16. The zero-order chi connectivity index (χ0) is 13.4. The fourth-order valence-corrected chi connectivity index (χ4v) is 1.49. The number of guanidine groups is 1. The Morgan fingerprint density at radius 3 is 2.44 bits per heavy atom. The molecule has 0 heterocycles. The predicted molar refractivity (Wildman–Crippen MR) is 76.1 cm³/mol. The van der Waals surface area contributed by atoms with E-state index in [0.29, 0.717) is 12.6 Å². The molecule has 0 bridgehead atoms. The highest BCUT2D eigenvalue weighted by molar-refractivity contribution is 5.79. The van der Waals surface area contributed by atoms with Crippen molar-refractivity contribution >= 4 is 5.96 Å². The van der Waals surface area contributed by atoms with Gasteiger partial charge in [-0.1, -0.05) is 12.1 Å². The van der Waals surface area contributed by atoms with E-state index in [1.165, 1.54) is 0 Å². The Morgan fingerprint density at radius 1 is 1.28 bits per heavy atom. The van der Waals surface area contributed by atoms with Crippen LogP contribution in [-0.2, 0) is 6.54 Å². The third kappa shape index (κ3) is 5.08. The van der Waals surface area contributed by atoms with E-state index in [1.807, 2.05) is 24.3 Å². The summed E-state index contributed by atoms with van der Waals surface area (Å²) in [6.07, 6.45) is 0. The standard InChI is InChI=1S/C14H23N3O/c1-5-15-14(17-11(2)3)16-10-12-6-8-13(18-4)9-7-12/h6-9,11H,5,10H2,1-4H3,(H2,15,16,17). The van der Waals surface area contributed by atoms with Crippen molar-refractivity contribution in [1.29, 1.82) is 0 Å². The van der Waals surface area contributed by atoms with Gasteiger partial charge in [-0.05, 0) is 38.5 Å². The van der Waals surface area contributed by atoms with Crippen LogP contribution in [0.3, 0.4) is 0 Å². The minimum absolute atomic E-state index is 0.374. The van der Waals surface area contributed by atoms with E-state index in [9.17, 15) is 0 Å². The largest absolute Gasteiger partial charge is 0.497 e. The second kappa shape index (κ2) is 7.58. The summed E-state index contributed by atoms with van der Waals surface area (Å²) in [6.45, 7) is 7.78. The van der Waals surface area contributed by atoms with Crippen molar-refractivity contribution in [3.8, 4) is 5.75 Å². The summed E-state index contributed by atoms with van der Waals surface area (Å²) in [5, 5.41) is 6.51. The lowest BCUT2D eigenvalue weighted by molar-refractivity contribution is 0.414. The summed E-state index contributed by atoms with van der Waals surface area (Å²) >= 11 is 0. The molecule has 0 unspecified atom stereocenters. The number of aliphatic imine (C=N–C) groups is 1. The van der Waals surface area contributed by atoms with Crippen molar-refractivity contribution in [3.05, 3.63) is 29.8 Å². The van der Waals surface area contributed by atoms with Crippen molar-refractivity contribution in [2.75, 3.05) is 13.7 Å². The summed E-state index contributed by atoms with van der Waals surface area (Å²) in [6, 6.07) is 8.34. The molecule has 0 aliphatic rings. The van der Waals surface area contributed by atoms with Gasteiger partial charge in [0, 0.05) is 12.6 Å². The van der Waals surface area contributed by atoms with Gasteiger partial charge in [0.15, 0.2) is 5.96 Å². The maximum atomic E-state index is 5.13. The maximum absolute atomic E-state index is 5.13. The average Bonchev–Trinajstić information content (AvgIpc) is 2.36. The number of hydrogen-bond donors (Lipinski definition) is 2. The lowest BCUT2D eigenvalue weighted by Gasteiger charge is -2.13. The molecule has 0 saturated heterocycles. The van der Waals surface area contributed by atoms with Crippen molar-refractivity contribution < 1.29 is 4.74 Å². The second-order valence-electron chi connectivity index (χ2n) is 4.34. The molecular weight excluding hydrogens is 226 g/mol. The average molecular weight is 249 g/mol. The van der Waals surface area contributed by atoms with Crippen molar-refractivity contribution in [2.24, 2.45) is 4.99 Å². The Hall–Kier alpha value is -1.71. The Morgan fingerprint density at radius 2 is 1.94 bits per heavy atom. The van der Waals surface area contributed by atoms with Gasteiger partial charge in [0.1, 0.15) is 5.75 Å². The number of ether oxygens (including phenoxy) is 1. The van der Waals surface area contributed by atoms with E-state index in [4.69, 9.17) is 4.74 Å². The molecule has 0 saturated carbocycles. The Balaban J connectivity index is 2.62. The molecule has 0 radical (unpaired) electrons. The minimum Gasteiger partial charge on any atom is -0.497 e. The number of hydrogen-bond acceptors (Lipinski definition) is 2. The number of nitrogens with one attached hydrogen (secondary N) is 2. The molecule has 1 aromatic carbocycles. The molecule has 0 amide bonds. The van der Waals surface area contributed by atoms with Crippen LogP contribution in [0.1, 0.15) is 26.3 Å². The molecule has 4 heteroatoms. The van der Waals surface area contributed by atoms with E-state index in [0.717, 1.165) is 23.8 Å². The topological polar surface area (TPSA) is 45.7 Å². The zero-order valence-electron chi connectivity index (χ0n) is 11.7. The van der Waals surface area contributed by atoms with Gasteiger partial charge in [0.25, 0.3) is 0 Å². The van der Waals surface area contributed by atoms with E-state index in [2.05, 4.69) is 36.4 Å². The number of benzene rings is 1. The van der Waals surface area contributed by atoms with Crippen LogP contribution in [0, 0.1) is 0 Å². The molecule has 0 atom stereocenters. The first-order chi connectivity index (χ1) is 8.65. The molecule has 2 N–H and O–H groups in total. The maximum Gasteiger partial charge on any atom is 0.191 e. The highest BCUT2D eigenvalue weighted by Gasteiger charge is 1.99. The third-order valence-electron chi connectivity index (χ3n) is 2.35. The highest BCUT2D eigenvalue weighted by atomic mass is 16.5. The van der Waals surface area contributed by atoms with Gasteiger partial charge in [0.05, 0.1) is 13.7 Å². The second-order valence-corrected chi connectivity index (χ2v) is 4.34. The molecule has 1 rings (SSSR count). The summed E-state index contributed by atoms with van der Waals surface area (Å²) in [7, 11) is 1.67. The van der Waals surface area contributed by atoms with Crippen LogP contribution in [0.4, 0.5) is 0 Å². The van der Waals surface area contributed by atoms with Crippen LogP contribution in [0.15, 0.2) is 29.3 Å². The molecule has 0 spiro atoms. The molecule has 0 aliphatic heterocycles. The summed E-state index contributed by atoms with van der Waals surface area (Å²) in [5.41, 5.74) is 1.16. The van der Waals surface area contributed by atoms with Crippen molar-refractivity contribution in [1.82, 2.24) is 10.6 Å². The van der Waals surface area contributed by atoms with Gasteiger partial charge in [-0.3, -0.25) is 0 Å². The third-order valence-corrected chi connectivity index (χ3v) is 2.35. The van der Waals surface area contributed by atoms with Gasteiger partial charge in [-0.2, -0.15) is 0 Å². The molecule has 0 fully saturated rings. The van der Waals surface area contributed by atoms with Crippen LogP contribution in [0.2, 0.25) is 0 Å². The fraction of sp³-hybridized carbons (Fsp3) is 0.500. The first-order valence-corrected chi connectivity index (χ1v) is 6.33. The SMILES string of the molecule is CCNC(=NCc1ccc(OC)cc1)NC(C)C. The van der Waals surface area contributed by atoms with Crippen LogP contribution < -0.4 is 15.4 Å². The van der Waals surface area contributed by atoms with Crippen LogP contribution in [0.25, 0.3) is 0 Å². The molecule has 100 valence electrons. The summed E-state index contributed by atoms with van der Waals surface area (Å²) in [4.78, 5) is 4.53. The normalized spacial score (nSPS) is 11.5. The molecule has 0 aliphatic carbocycles.